The van der Waals surface area contributed by atoms with Gasteiger partial charge in [-0.1, -0.05) is 42.5 Å². The quantitative estimate of drug-likeness (QED) is 0.100. The van der Waals surface area contributed by atoms with Crippen LogP contribution in [0.25, 0.3) is 0 Å². The van der Waals surface area contributed by atoms with E-state index in [9.17, 15) is 37.9 Å². The van der Waals surface area contributed by atoms with Crippen LogP contribution < -0.4 is 20.3 Å². The van der Waals surface area contributed by atoms with Gasteiger partial charge in [0.15, 0.2) is 18.5 Å². The van der Waals surface area contributed by atoms with E-state index in [-0.39, 0.29) is 31.1 Å². The lowest BCUT2D eigenvalue weighted by molar-refractivity contribution is -0.146. The minimum Gasteiger partial charge on any atom is -0.484 e. The number of halogens is 2. The largest absolute Gasteiger partial charge is 0.484 e. The molecule has 51 heavy (non-hydrogen) atoms. The second-order valence-corrected chi connectivity index (χ2v) is 11.9. The highest BCUT2D eigenvalue weighted by molar-refractivity contribution is 6.04. The predicted molar refractivity (Wildman–Crippen MR) is 181 cm³/mol. The lowest BCUT2D eigenvalue weighted by atomic mass is 9.78. The molecule has 4 N–H and O–H groups in total. The lowest BCUT2D eigenvalue weighted by Crippen LogP contribution is -2.55. The maximum atomic E-state index is 13.7. The second kappa shape index (κ2) is 16.6. The van der Waals surface area contributed by atoms with E-state index in [1.807, 2.05) is 0 Å². The fourth-order valence-corrected chi connectivity index (χ4v) is 5.80. The van der Waals surface area contributed by atoms with Gasteiger partial charge in [0.25, 0.3) is 5.91 Å². The number of nitrogens with zero attached hydrogens (tertiary/aromatic N) is 1. The maximum absolute atomic E-state index is 13.7. The number of rotatable bonds is 16. The topological polar surface area (TPSA) is 162 Å². The maximum Gasteiger partial charge on any atom is 0.334 e. The van der Waals surface area contributed by atoms with Crippen LogP contribution in [0.5, 0.6) is 5.75 Å². The number of hydrogen-bond donors (Lipinski definition) is 4. The average Bonchev–Trinajstić information content (AvgIpc) is 3.13. The van der Waals surface area contributed by atoms with E-state index in [1.165, 1.54) is 53.4 Å². The number of aliphatic hydroxyl groups excluding tert-OH is 1. The zero-order valence-corrected chi connectivity index (χ0v) is 27.2. The van der Waals surface area contributed by atoms with Gasteiger partial charge in [-0.3, -0.25) is 19.2 Å². The van der Waals surface area contributed by atoms with Crippen molar-refractivity contribution in [2.75, 3.05) is 24.6 Å². The van der Waals surface area contributed by atoms with E-state index in [4.69, 9.17) is 9.84 Å². The molecule has 1 heterocycles. The van der Waals surface area contributed by atoms with Gasteiger partial charge >= 0.3 is 5.97 Å². The van der Waals surface area contributed by atoms with E-state index in [1.54, 1.807) is 54.6 Å². The van der Waals surface area contributed by atoms with Crippen LogP contribution in [0.2, 0.25) is 0 Å². The van der Waals surface area contributed by atoms with Crippen molar-refractivity contribution in [1.29, 1.82) is 0 Å². The van der Waals surface area contributed by atoms with Gasteiger partial charge in [-0.2, -0.15) is 0 Å². The van der Waals surface area contributed by atoms with Crippen molar-refractivity contribution in [1.82, 2.24) is 10.6 Å². The van der Waals surface area contributed by atoms with Gasteiger partial charge in [-0.25, -0.2) is 13.6 Å². The van der Waals surface area contributed by atoms with Crippen molar-refractivity contribution in [3.8, 4) is 5.75 Å². The number of hydrogen-bond acceptors (Lipinski definition) is 7. The molecule has 0 spiro atoms. The summed E-state index contributed by atoms with van der Waals surface area (Å²) in [7, 11) is 0. The SMILES string of the molecule is O=C(COc1ccc(C2C(CCC(=O)c3ccc(F)cc3)C(=O)N2c2ccc(F)cc2)cc1)NC[C@@H](C(=O)NC[C@H](O)C(=O)O)c1ccccc1. The third-order valence-electron chi connectivity index (χ3n) is 8.54. The number of Topliss-reactive ketones (excluding diaryl/α,β-unsaturated/α-hetero) is 1. The first-order chi connectivity index (χ1) is 24.5. The Hall–Kier alpha value is -5.95. The van der Waals surface area contributed by atoms with Crippen molar-refractivity contribution in [3.05, 3.63) is 131 Å². The van der Waals surface area contributed by atoms with Crippen LogP contribution in [0.3, 0.4) is 0 Å². The van der Waals surface area contributed by atoms with Crippen LogP contribution in [-0.2, 0) is 19.2 Å². The van der Waals surface area contributed by atoms with Crippen molar-refractivity contribution in [2.45, 2.75) is 30.9 Å². The van der Waals surface area contributed by atoms with Gasteiger partial charge in [-0.05, 0) is 78.2 Å². The summed E-state index contributed by atoms with van der Waals surface area (Å²) in [6.45, 7) is -1.02. The normalized spacial score (nSPS) is 16.4. The van der Waals surface area contributed by atoms with Gasteiger partial charge in [0.1, 0.15) is 17.4 Å². The smallest absolute Gasteiger partial charge is 0.334 e. The van der Waals surface area contributed by atoms with Gasteiger partial charge < -0.3 is 30.5 Å². The Morgan fingerprint density at radius 3 is 2.06 bits per heavy atom. The molecule has 1 aliphatic rings. The molecular weight excluding hydrogens is 664 g/mol. The molecule has 0 radical (unpaired) electrons. The third-order valence-corrected chi connectivity index (χ3v) is 8.54. The lowest BCUT2D eigenvalue weighted by Gasteiger charge is -2.47. The summed E-state index contributed by atoms with van der Waals surface area (Å²) in [5.74, 6) is -5.04. The number of carboxylic acid groups (broad SMARTS) is 1. The van der Waals surface area contributed by atoms with Gasteiger partial charge in [0, 0.05) is 24.2 Å². The molecule has 3 amide bonds. The molecule has 5 rings (SSSR count). The number of ketones is 1. The first-order valence-corrected chi connectivity index (χ1v) is 16.1. The Labute approximate surface area is 291 Å². The third kappa shape index (κ3) is 9.19. The Bertz CT molecular complexity index is 1860. The van der Waals surface area contributed by atoms with E-state index >= 15 is 0 Å². The summed E-state index contributed by atoms with van der Waals surface area (Å²) in [4.78, 5) is 64.1. The minimum atomic E-state index is -1.78. The highest BCUT2D eigenvalue weighted by Crippen LogP contribution is 2.46. The number of aliphatic carboxylic acids is 1. The Kier molecular flexibility index (Phi) is 11.9. The first-order valence-electron chi connectivity index (χ1n) is 16.1. The first kappa shape index (κ1) is 36.3. The zero-order valence-electron chi connectivity index (χ0n) is 27.2. The summed E-state index contributed by atoms with van der Waals surface area (Å²) in [6.07, 6.45) is -1.49. The Morgan fingerprint density at radius 1 is 0.804 bits per heavy atom. The summed E-state index contributed by atoms with van der Waals surface area (Å²) < 4.78 is 32.7. The number of β-lactam (4-membered cyclic amide) rings is 1. The number of carbonyl (C=O) groups excluding carboxylic acids is 4. The molecule has 0 aliphatic carbocycles. The van der Waals surface area contributed by atoms with E-state index in [0.717, 1.165) is 5.56 Å². The van der Waals surface area contributed by atoms with Crippen LogP contribution in [0.15, 0.2) is 103 Å². The zero-order chi connectivity index (χ0) is 36.5. The van der Waals surface area contributed by atoms with Crippen molar-refractivity contribution >= 4 is 35.2 Å². The number of aliphatic hydroxyl groups is 1. The Morgan fingerprint density at radius 2 is 1.43 bits per heavy atom. The van der Waals surface area contributed by atoms with Gasteiger partial charge in [-0.15, -0.1) is 0 Å². The van der Waals surface area contributed by atoms with Crippen molar-refractivity contribution in [3.63, 3.8) is 0 Å². The standard InChI is InChI=1S/C38H35F2N3O8/c39-26-10-6-24(7-11-26)32(44)19-18-30-35(43(37(30)48)28-14-12-27(40)13-15-28)25-8-16-29(17-9-25)51-22-34(46)41-20-31(23-4-2-1-3-5-23)36(47)42-21-33(45)38(49)50/h1-17,30-31,33,35,45H,18-22H2,(H,41,46)(H,42,47)(H,49,50)/t30?,31-,33+,35?/m1/s1. The number of nitrogens with one attached hydrogen (secondary N) is 2. The average molecular weight is 700 g/mol. The highest BCUT2D eigenvalue weighted by Gasteiger charge is 2.48. The van der Waals surface area contributed by atoms with Crippen molar-refractivity contribution in [2.24, 2.45) is 5.92 Å². The van der Waals surface area contributed by atoms with Crippen LogP contribution in [0, 0.1) is 17.6 Å². The molecule has 4 aromatic carbocycles. The van der Waals surface area contributed by atoms with Crippen LogP contribution in [-0.4, -0.2) is 65.5 Å². The molecule has 13 heteroatoms. The molecule has 0 bridgehead atoms. The fourth-order valence-electron chi connectivity index (χ4n) is 5.80. The summed E-state index contributed by atoms with van der Waals surface area (Å²) >= 11 is 0. The van der Waals surface area contributed by atoms with Crippen LogP contribution in [0.4, 0.5) is 14.5 Å². The molecule has 0 saturated carbocycles. The molecular formula is C38H35F2N3O8. The number of amides is 3. The number of carboxylic acids is 1. The Balaban J connectivity index is 1.21. The van der Waals surface area contributed by atoms with Gasteiger partial charge in [0.2, 0.25) is 11.8 Å². The molecule has 2 unspecified atom stereocenters. The molecule has 1 aliphatic heterocycles. The van der Waals surface area contributed by atoms with E-state index < -0.39 is 66.6 Å². The van der Waals surface area contributed by atoms with Crippen molar-refractivity contribution < 1.29 is 47.7 Å². The van der Waals surface area contributed by atoms with E-state index in [2.05, 4.69) is 10.6 Å². The number of anilines is 1. The van der Waals surface area contributed by atoms with E-state index in [0.29, 0.717) is 22.6 Å². The summed E-state index contributed by atoms with van der Waals surface area (Å²) in [5.41, 5.74) is 2.12. The molecule has 1 saturated heterocycles. The molecule has 11 nitrogen and oxygen atoms in total. The highest BCUT2D eigenvalue weighted by atomic mass is 19.1. The number of carbonyl (C=O) groups is 5. The monoisotopic (exact) mass is 699 g/mol. The minimum absolute atomic E-state index is 0.0587. The summed E-state index contributed by atoms with van der Waals surface area (Å²) in [5, 5.41) is 23.5. The van der Waals surface area contributed by atoms with Gasteiger partial charge in [0.05, 0.1) is 24.4 Å². The van der Waals surface area contributed by atoms with Crippen LogP contribution in [0.1, 0.15) is 46.3 Å². The molecule has 4 atom stereocenters. The predicted octanol–water partition coefficient (Wildman–Crippen LogP) is 4.17. The molecule has 4 aromatic rings. The number of ether oxygens (including phenoxy) is 1. The van der Waals surface area contributed by atoms with Crippen LogP contribution >= 0.6 is 0 Å². The number of benzene rings is 4. The molecule has 0 aromatic heterocycles. The molecule has 1 fully saturated rings. The molecule has 264 valence electrons. The second-order valence-electron chi connectivity index (χ2n) is 11.9. The fraction of sp³-hybridized carbons (Fsp3) is 0.237. The summed E-state index contributed by atoms with van der Waals surface area (Å²) in [6, 6.07) is 25.5.